The van der Waals surface area contributed by atoms with Gasteiger partial charge in [0.1, 0.15) is 6.07 Å². The molecule has 0 fully saturated rings. The van der Waals surface area contributed by atoms with Gasteiger partial charge in [0, 0.05) is 21.5 Å². The lowest BCUT2D eigenvalue weighted by atomic mass is 10.2. The summed E-state index contributed by atoms with van der Waals surface area (Å²) in [6.45, 7) is 5.29. The Balaban J connectivity index is 2.70. The Hall–Kier alpha value is -0.660. The van der Waals surface area contributed by atoms with Crippen LogP contribution in [0.15, 0.2) is 22.7 Å². The van der Waals surface area contributed by atoms with Crippen molar-refractivity contribution in [3.05, 3.63) is 28.2 Å². The first kappa shape index (κ1) is 13.4. The number of nitrogens with one attached hydrogen (secondary N) is 1. The van der Waals surface area contributed by atoms with Gasteiger partial charge in [-0.05, 0) is 54.2 Å². The largest absolute Gasteiger partial charge is 0.384 e. The Labute approximate surface area is 110 Å². The van der Waals surface area contributed by atoms with Gasteiger partial charge in [-0.3, -0.25) is 0 Å². The fourth-order valence-electron chi connectivity index (χ4n) is 1.10. The highest BCUT2D eigenvalue weighted by Crippen LogP contribution is 2.24. The maximum absolute atomic E-state index is 8.80. The lowest BCUT2D eigenvalue weighted by Gasteiger charge is -2.23. The minimum absolute atomic E-state index is 0.209. The maximum atomic E-state index is 8.80. The zero-order valence-electron chi connectivity index (χ0n) is 9.67. The predicted molar refractivity (Wildman–Crippen MR) is 74.9 cm³/mol. The highest BCUT2D eigenvalue weighted by molar-refractivity contribution is 9.10. The molecule has 1 N–H and O–H groups in total. The maximum Gasteiger partial charge on any atom is 0.100 e. The zero-order valence-corrected chi connectivity index (χ0v) is 12.1. The molecule has 0 atom stereocenters. The van der Waals surface area contributed by atoms with Crippen molar-refractivity contribution >= 4 is 33.4 Å². The van der Waals surface area contributed by atoms with Crippen molar-refractivity contribution in [2.24, 2.45) is 0 Å². The van der Waals surface area contributed by atoms with Gasteiger partial charge in [-0.25, -0.2) is 0 Å². The number of benzene rings is 1. The number of nitrogens with zero attached hydrogens (tertiary/aromatic N) is 1. The van der Waals surface area contributed by atoms with Gasteiger partial charge in [-0.1, -0.05) is 0 Å². The summed E-state index contributed by atoms with van der Waals surface area (Å²) in [5.41, 5.74) is 1.70. The molecule has 0 aliphatic carbocycles. The van der Waals surface area contributed by atoms with Crippen LogP contribution in [-0.4, -0.2) is 17.5 Å². The number of hydrogen-bond donors (Lipinski definition) is 1. The SMILES string of the molecule is CSC(C)(C)CNc1ccc(C#N)c(Br)c1. The number of nitriles is 1. The summed E-state index contributed by atoms with van der Waals surface area (Å²) in [5, 5.41) is 12.2. The second kappa shape index (κ2) is 5.60. The van der Waals surface area contributed by atoms with Gasteiger partial charge in [-0.2, -0.15) is 17.0 Å². The molecular weight excluding hydrogens is 284 g/mol. The van der Waals surface area contributed by atoms with Crippen molar-refractivity contribution < 1.29 is 0 Å². The van der Waals surface area contributed by atoms with Crippen molar-refractivity contribution in [3.63, 3.8) is 0 Å². The molecule has 16 heavy (non-hydrogen) atoms. The monoisotopic (exact) mass is 298 g/mol. The number of halogens is 1. The van der Waals surface area contributed by atoms with Crippen LogP contribution in [-0.2, 0) is 0 Å². The van der Waals surface area contributed by atoms with Gasteiger partial charge in [0.15, 0.2) is 0 Å². The van der Waals surface area contributed by atoms with Crippen molar-refractivity contribution in [2.75, 3.05) is 18.1 Å². The van der Waals surface area contributed by atoms with Crippen molar-refractivity contribution in [1.82, 2.24) is 0 Å². The topological polar surface area (TPSA) is 35.8 Å². The Morgan fingerprint density at radius 3 is 2.69 bits per heavy atom. The van der Waals surface area contributed by atoms with E-state index in [2.05, 4.69) is 47.4 Å². The van der Waals surface area contributed by atoms with Gasteiger partial charge in [0.05, 0.1) is 5.56 Å². The van der Waals surface area contributed by atoms with Crippen molar-refractivity contribution in [1.29, 1.82) is 5.26 Å². The quantitative estimate of drug-likeness (QED) is 0.916. The molecule has 0 aromatic heterocycles. The minimum atomic E-state index is 0.209. The Bertz CT molecular complexity index is 410. The molecule has 86 valence electrons. The van der Waals surface area contributed by atoms with E-state index < -0.39 is 0 Å². The smallest absolute Gasteiger partial charge is 0.100 e. The van der Waals surface area contributed by atoms with E-state index >= 15 is 0 Å². The van der Waals surface area contributed by atoms with E-state index in [1.807, 2.05) is 30.0 Å². The molecule has 0 bridgehead atoms. The Morgan fingerprint density at radius 1 is 1.50 bits per heavy atom. The highest BCUT2D eigenvalue weighted by Gasteiger charge is 2.15. The van der Waals surface area contributed by atoms with Gasteiger partial charge in [0.2, 0.25) is 0 Å². The summed E-state index contributed by atoms with van der Waals surface area (Å²) in [6, 6.07) is 7.81. The van der Waals surface area contributed by atoms with Gasteiger partial charge in [-0.15, -0.1) is 0 Å². The first-order chi connectivity index (χ1) is 7.48. The summed E-state index contributed by atoms with van der Waals surface area (Å²) in [6.07, 6.45) is 2.11. The molecule has 4 heteroatoms. The summed E-state index contributed by atoms with van der Waals surface area (Å²) in [7, 11) is 0. The first-order valence-corrected chi connectivity index (χ1v) is 6.99. The lowest BCUT2D eigenvalue weighted by molar-refractivity contribution is 0.752. The standard InChI is InChI=1S/C12H15BrN2S/c1-12(2,16-3)8-15-10-5-4-9(7-14)11(13)6-10/h4-6,15H,8H2,1-3H3. The van der Waals surface area contributed by atoms with Crippen LogP contribution in [0.25, 0.3) is 0 Å². The first-order valence-electron chi connectivity index (χ1n) is 4.97. The second-order valence-electron chi connectivity index (χ2n) is 4.12. The molecule has 0 aliphatic heterocycles. The van der Waals surface area contributed by atoms with Crippen LogP contribution in [0.2, 0.25) is 0 Å². The Morgan fingerprint density at radius 2 is 2.19 bits per heavy atom. The fraction of sp³-hybridized carbons (Fsp3) is 0.417. The van der Waals surface area contributed by atoms with Crippen molar-refractivity contribution in [2.45, 2.75) is 18.6 Å². The molecule has 0 amide bonds. The second-order valence-corrected chi connectivity index (χ2v) is 6.49. The van der Waals surface area contributed by atoms with Crippen LogP contribution in [0.4, 0.5) is 5.69 Å². The summed E-state index contributed by atoms with van der Waals surface area (Å²) in [5.74, 6) is 0. The summed E-state index contributed by atoms with van der Waals surface area (Å²) >= 11 is 5.21. The molecule has 1 aromatic carbocycles. The van der Waals surface area contributed by atoms with Crippen LogP contribution in [0.5, 0.6) is 0 Å². The van der Waals surface area contributed by atoms with Crippen LogP contribution < -0.4 is 5.32 Å². The molecule has 1 rings (SSSR count). The molecule has 0 spiro atoms. The van der Waals surface area contributed by atoms with E-state index in [4.69, 9.17) is 5.26 Å². The van der Waals surface area contributed by atoms with E-state index in [1.165, 1.54) is 0 Å². The normalized spacial score (nSPS) is 10.9. The lowest BCUT2D eigenvalue weighted by Crippen LogP contribution is -2.25. The molecule has 0 radical (unpaired) electrons. The van der Waals surface area contributed by atoms with Gasteiger partial charge < -0.3 is 5.32 Å². The predicted octanol–water partition coefficient (Wildman–Crippen LogP) is 3.87. The number of hydrogen-bond acceptors (Lipinski definition) is 3. The van der Waals surface area contributed by atoms with Gasteiger partial charge in [0.25, 0.3) is 0 Å². The molecule has 0 aliphatic rings. The zero-order chi connectivity index (χ0) is 12.2. The van der Waals surface area contributed by atoms with E-state index in [1.54, 1.807) is 0 Å². The van der Waals surface area contributed by atoms with E-state index in [0.717, 1.165) is 16.7 Å². The highest BCUT2D eigenvalue weighted by atomic mass is 79.9. The summed E-state index contributed by atoms with van der Waals surface area (Å²) in [4.78, 5) is 0. The molecular formula is C12H15BrN2S. The third-order valence-corrected chi connectivity index (χ3v) is 4.27. The van der Waals surface area contributed by atoms with E-state index in [9.17, 15) is 0 Å². The molecule has 0 saturated carbocycles. The molecule has 0 unspecified atom stereocenters. The van der Waals surface area contributed by atoms with Crippen LogP contribution in [0.1, 0.15) is 19.4 Å². The third kappa shape index (κ3) is 3.73. The minimum Gasteiger partial charge on any atom is -0.384 e. The fourth-order valence-corrected chi connectivity index (χ4v) is 1.79. The van der Waals surface area contributed by atoms with E-state index in [-0.39, 0.29) is 4.75 Å². The van der Waals surface area contributed by atoms with E-state index in [0.29, 0.717) is 5.56 Å². The van der Waals surface area contributed by atoms with Crippen LogP contribution in [0.3, 0.4) is 0 Å². The molecule has 2 nitrogen and oxygen atoms in total. The van der Waals surface area contributed by atoms with Crippen LogP contribution in [0, 0.1) is 11.3 Å². The van der Waals surface area contributed by atoms with Crippen LogP contribution >= 0.6 is 27.7 Å². The molecule has 0 heterocycles. The number of anilines is 1. The summed E-state index contributed by atoms with van der Waals surface area (Å²) < 4.78 is 1.04. The van der Waals surface area contributed by atoms with Crippen molar-refractivity contribution in [3.8, 4) is 6.07 Å². The Kier molecular flexibility index (Phi) is 4.69. The third-order valence-electron chi connectivity index (χ3n) is 2.36. The van der Waals surface area contributed by atoms with Gasteiger partial charge >= 0.3 is 0 Å². The average Bonchev–Trinajstić information content (AvgIpc) is 2.27. The number of thioether (sulfide) groups is 1. The molecule has 0 saturated heterocycles. The number of rotatable bonds is 4. The average molecular weight is 299 g/mol. The molecule has 1 aromatic rings.